The molecule has 0 spiro atoms. The first-order valence-corrected chi connectivity index (χ1v) is 7.29. The summed E-state index contributed by atoms with van der Waals surface area (Å²) >= 11 is 12.3. The summed E-state index contributed by atoms with van der Waals surface area (Å²) in [5.74, 6) is 0.737. The Hall–Kier alpha value is -2.15. The molecule has 0 radical (unpaired) electrons. The monoisotopic (exact) mass is 332 g/mol. The van der Waals surface area contributed by atoms with E-state index in [-0.39, 0.29) is 0 Å². The molecule has 0 aliphatic carbocycles. The summed E-state index contributed by atoms with van der Waals surface area (Å²) in [6.07, 6.45) is 0. The molecule has 0 saturated carbocycles. The maximum Gasteiger partial charge on any atom is 0.118 e. The lowest BCUT2D eigenvalue weighted by molar-refractivity contribution is 0.415. The molecule has 0 aliphatic rings. The Morgan fingerprint density at radius 3 is 2.18 bits per heavy atom. The van der Waals surface area contributed by atoms with Gasteiger partial charge in [0, 0.05) is 5.70 Å². The zero-order chi connectivity index (χ0) is 16.1. The van der Waals surface area contributed by atoms with Crippen LogP contribution in [0, 0.1) is 11.3 Å². The Balaban J connectivity index is 2.39. The molecule has 0 aliphatic heterocycles. The highest BCUT2D eigenvalue weighted by Crippen LogP contribution is 2.32. The number of para-hydroxylation sites is 1. The van der Waals surface area contributed by atoms with E-state index in [4.69, 9.17) is 27.9 Å². The molecule has 2 rings (SSSR count). The molecule has 0 saturated heterocycles. The SMILES string of the molecule is COc1ccc(/C(C#N)=C(\C)Nc2c(Cl)cccc2Cl)cc1. The number of halogens is 2. The number of nitrogens with one attached hydrogen (secondary N) is 1. The summed E-state index contributed by atoms with van der Waals surface area (Å²) in [4.78, 5) is 0. The Labute approximate surface area is 139 Å². The summed E-state index contributed by atoms with van der Waals surface area (Å²) in [7, 11) is 1.60. The fourth-order valence-electron chi connectivity index (χ4n) is 1.99. The van der Waals surface area contributed by atoms with Crippen molar-refractivity contribution in [3.8, 4) is 11.8 Å². The van der Waals surface area contributed by atoms with Crippen molar-refractivity contribution in [1.29, 1.82) is 5.26 Å². The summed E-state index contributed by atoms with van der Waals surface area (Å²) < 4.78 is 5.12. The average molecular weight is 333 g/mol. The number of allylic oxidation sites excluding steroid dienone is 2. The largest absolute Gasteiger partial charge is 0.497 e. The van der Waals surface area contributed by atoms with E-state index in [1.807, 2.05) is 31.2 Å². The van der Waals surface area contributed by atoms with Crippen molar-refractivity contribution in [2.75, 3.05) is 12.4 Å². The third-order valence-corrected chi connectivity index (χ3v) is 3.77. The molecule has 2 aromatic carbocycles. The van der Waals surface area contributed by atoms with Gasteiger partial charge in [0.15, 0.2) is 0 Å². The number of anilines is 1. The zero-order valence-electron chi connectivity index (χ0n) is 12.2. The fourth-order valence-corrected chi connectivity index (χ4v) is 2.48. The standard InChI is InChI=1S/C17H14Cl2N2O/c1-11(21-17-15(18)4-3-5-16(17)19)14(10-20)12-6-8-13(22-2)9-7-12/h3-9,21H,1-2H3/b14-11+. The van der Waals surface area contributed by atoms with E-state index in [1.54, 1.807) is 25.3 Å². The molecular weight excluding hydrogens is 319 g/mol. The van der Waals surface area contributed by atoms with Crippen molar-refractivity contribution in [3.05, 3.63) is 63.8 Å². The number of nitrogens with zero attached hydrogens (tertiary/aromatic N) is 1. The summed E-state index contributed by atoms with van der Waals surface area (Å²) in [5, 5.41) is 13.6. The van der Waals surface area contributed by atoms with Crippen molar-refractivity contribution in [2.24, 2.45) is 0 Å². The van der Waals surface area contributed by atoms with Gasteiger partial charge in [-0.3, -0.25) is 0 Å². The van der Waals surface area contributed by atoms with E-state index in [2.05, 4.69) is 11.4 Å². The van der Waals surface area contributed by atoms with Crippen molar-refractivity contribution < 1.29 is 4.74 Å². The van der Waals surface area contributed by atoms with Crippen LogP contribution in [0.25, 0.3) is 5.57 Å². The lowest BCUT2D eigenvalue weighted by Crippen LogP contribution is -2.01. The lowest BCUT2D eigenvalue weighted by Gasteiger charge is -2.13. The molecule has 0 heterocycles. The van der Waals surface area contributed by atoms with Crippen molar-refractivity contribution in [2.45, 2.75) is 6.92 Å². The minimum absolute atomic E-state index is 0.499. The first-order chi connectivity index (χ1) is 10.6. The third kappa shape index (κ3) is 3.54. The lowest BCUT2D eigenvalue weighted by atomic mass is 10.0. The number of rotatable bonds is 4. The molecule has 112 valence electrons. The average Bonchev–Trinajstić information content (AvgIpc) is 2.52. The van der Waals surface area contributed by atoms with Crippen molar-refractivity contribution >= 4 is 34.5 Å². The Bertz CT molecular complexity index is 726. The van der Waals surface area contributed by atoms with Crippen LogP contribution in [0.5, 0.6) is 5.75 Å². The second kappa shape index (κ2) is 7.22. The maximum atomic E-state index is 9.45. The minimum Gasteiger partial charge on any atom is -0.497 e. The molecule has 0 unspecified atom stereocenters. The maximum absolute atomic E-state index is 9.45. The number of benzene rings is 2. The predicted molar refractivity (Wildman–Crippen MR) is 91.3 cm³/mol. The first-order valence-electron chi connectivity index (χ1n) is 6.53. The smallest absolute Gasteiger partial charge is 0.118 e. The quantitative estimate of drug-likeness (QED) is 0.765. The van der Waals surface area contributed by atoms with Gasteiger partial charge in [-0.2, -0.15) is 5.26 Å². The molecule has 3 nitrogen and oxygen atoms in total. The van der Waals surface area contributed by atoms with Gasteiger partial charge < -0.3 is 10.1 Å². The van der Waals surface area contributed by atoms with E-state index >= 15 is 0 Å². The van der Waals surface area contributed by atoms with Gasteiger partial charge in [-0.05, 0) is 48.9 Å². The number of methoxy groups -OCH3 is 1. The van der Waals surface area contributed by atoms with Gasteiger partial charge in [-0.15, -0.1) is 0 Å². The van der Waals surface area contributed by atoms with E-state index in [0.717, 1.165) is 11.3 Å². The predicted octanol–water partition coefficient (Wildman–Crippen LogP) is 5.37. The van der Waals surface area contributed by atoms with Gasteiger partial charge in [-0.1, -0.05) is 29.3 Å². The van der Waals surface area contributed by atoms with E-state index in [9.17, 15) is 5.26 Å². The van der Waals surface area contributed by atoms with E-state index < -0.39 is 0 Å². The fraction of sp³-hybridized carbons (Fsp3) is 0.118. The van der Waals surface area contributed by atoms with Crippen LogP contribution in [0.15, 0.2) is 48.2 Å². The van der Waals surface area contributed by atoms with E-state index in [1.165, 1.54) is 0 Å². The summed E-state index contributed by atoms with van der Waals surface area (Å²) in [6, 6.07) is 14.7. The first kappa shape index (κ1) is 16.2. The van der Waals surface area contributed by atoms with Crippen LogP contribution in [0.2, 0.25) is 10.0 Å². The molecule has 0 fully saturated rings. The van der Waals surface area contributed by atoms with Gasteiger partial charge >= 0.3 is 0 Å². The number of hydrogen-bond acceptors (Lipinski definition) is 3. The van der Waals surface area contributed by atoms with Gasteiger partial charge in [0.2, 0.25) is 0 Å². The van der Waals surface area contributed by atoms with Crippen LogP contribution in [-0.4, -0.2) is 7.11 Å². The molecule has 1 N–H and O–H groups in total. The molecule has 0 atom stereocenters. The zero-order valence-corrected chi connectivity index (χ0v) is 13.7. The van der Waals surface area contributed by atoms with Gasteiger partial charge in [0.05, 0.1) is 28.4 Å². The highest BCUT2D eigenvalue weighted by Gasteiger charge is 2.10. The number of nitriles is 1. The van der Waals surface area contributed by atoms with Crippen LogP contribution in [-0.2, 0) is 0 Å². The molecule has 0 aromatic heterocycles. The highest BCUT2D eigenvalue weighted by molar-refractivity contribution is 6.39. The van der Waals surface area contributed by atoms with Crippen LogP contribution in [0.1, 0.15) is 12.5 Å². The number of hydrogen-bond donors (Lipinski definition) is 1. The highest BCUT2D eigenvalue weighted by atomic mass is 35.5. The van der Waals surface area contributed by atoms with Crippen LogP contribution in [0.4, 0.5) is 5.69 Å². The Kier molecular flexibility index (Phi) is 5.32. The van der Waals surface area contributed by atoms with E-state index in [0.29, 0.717) is 27.0 Å². The molecule has 5 heteroatoms. The van der Waals surface area contributed by atoms with Gasteiger partial charge in [-0.25, -0.2) is 0 Å². The summed E-state index contributed by atoms with van der Waals surface area (Å²) in [6.45, 7) is 1.81. The van der Waals surface area contributed by atoms with Crippen molar-refractivity contribution in [1.82, 2.24) is 0 Å². The normalized spacial score (nSPS) is 11.4. The molecule has 2 aromatic rings. The molecular formula is C17H14Cl2N2O. The minimum atomic E-state index is 0.499. The second-order valence-electron chi connectivity index (χ2n) is 4.56. The van der Waals surface area contributed by atoms with Gasteiger partial charge in [0.25, 0.3) is 0 Å². The second-order valence-corrected chi connectivity index (χ2v) is 5.38. The topological polar surface area (TPSA) is 45.0 Å². The van der Waals surface area contributed by atoms with Crippen LogP contribution >= 0.6 is 23.2 Å². The molecule has 22 heavy (non-hydrogen) atoms. The summed E-state index contributed by atoms with van der Waals surface area (Å²) in [5.41, 5.74) is 2.56. The van der Waals surface area contributed by atoms with Gasteiger partial charge in [0.1, 0.15) is 11.8 Å². The third-order valence-electron chi connectivity index (χ3n) is 3.14. The number of ether oxygens (including phenoxy) is 1. The molecule has 0 amide bonds. The Morgan fingerprint density at radius 1 is 1.09 bits per heavy atom. The van der Waals surface area contributed by atoms with Crippen LogP contribution in [0.3, 0.4) is 0 Å². The Morgan fingerprint density at radius 2 is 1.68 bits per heavy atom. The van der Waals surface area contributed by atoms with Crippen molar-refractivity contribution in [3.63, 3.8) is 0 Å². The van der Waals surface area contributed by atoms with Crippen LogP contribution < -0.4 is 10.1 Å². The molecule has 0 bridgehead atoms.